The van der Waals surface area contributed by atoms with E-state index < -0.39 is 19.3 Å². The smallest absolute Gasteiger partial charge is 0.308 e. The van der Waals surface area contributed by atoms with E-state index in [2.05, 4.69) is 33.9 Å². The van der Waals surface area contributed by atoms with Crippen molar-refractivity contribution in [3.63, 3.8) is 0 Å². The molecule has 0 N–H and O–H groups in total. The fraction of sp³-hybridized carbons (Fsp3) is 0.905. The Hall–Kier alpha value is -0.723. The third kappa shape index (κ3) is 8.88. The van der Waals surface area contributed by atoms with Crippen LogP contribution in [0.25, 0.3) is 0 Å². The van der Waals surface area contributed by atoms with Crippen LogP contribution in [-0.2, 0) is 23.5 Å². The molecule has 5 nitrogen and oxygen atoms in total. The Balaban J connectivity index is 5.56. The number of hydrogen-bond donors (Lipinski definition) is 0. The molecule has 160 valence electrons. The summed E-state index contributed by atoms with van der Waals surface area (Å²) >= 11 is 0. The lowest BCUT2D eigenvalue weighted by molar-refractivity contribution is -0.148. The number of methoxy groups -OCH3 is 1. The van der Waals surface area contributed by atoms with Gasteiger partial charge in [0, 0.05) is 25.4 Å². The topological polar surface area (TPSA) is 61.8 Å². The fourth-order valence-corrected chi connectivity index (χ4v) is 4.36. The highest BCUT2D eigenvalue weighted by Gasteiger charge is 2.45. The average molecular weight is 403 g/mol. The van der Waals surface area contributed by atoms with Gasteiger partial charge in [0.1, 0.15) is 5.78 Å². The molecule has 0 aliphatic rings. The number of ketones is 1. The highest BCUT2D eigenvalue weighted by atomic mass is 28.4. The maximum atomic E-state index is 12.5. The molecule has 0 aromatic heterocycles. The van der Waals surface area contributed by atoms with E-state index in [4.69, 9.17) is 13.9 Å². The number of Topliss-reactive ketones (excluding diaryl/α,β-unsaturated/α-hetero) is 1. The van der Waals surface area contributed by atoms with Crippen LogP contribution in [0, 0.1) is 5.41 Å². The normalized spacial score (nSPS) is 16.6. The van der Waals surface area contributed by atoms with Gasteiger partial charge in [-0.05, 0) is 32.0 Å². The number of carbonyl (C=O) groups is 2. The second-order valence-electron chi connectivity index (χ2n) is 10.2. The first kappa shape index (κ1) is 26.3. The molecule has 27 heavy (non-hydrogen) atoms. The van der Waals surface area contributed by atoms with Gasteiger partial charge in [-0.15, -0.1) is 0 Å². The zero-order chi connectivity index (χ0) is 21.7. The van der Waals surface area contributed by atoms with E-state index in [1.54, 1.807) is 14.0 Å². The van der Waals surface area contributed by atoms with Gasteiger partial charge in [-0.25, -0.2) is 0 Å². The highest BCUT2D eigenvalue weighted by Crippen LogP contribution is 2.41. The zero-order valence-electron chi connectivity index (χ0n) is 19.4. The lowest BCUT2D eigenvalue weighted by Crippen LogP contribution is -2.51. The summed E-state index contributed by atoms with van der Waals surface area (Å²) in [5, 5.41) is 0.00667. The minimum atomic E-state index is -2.13. The minimum absolute atomic E-state index is 0.00667. The van der Waals surface area contributed by atoms with Gasteiger partial charge in [0.25, 0.3) is 0 Å². The monoisotopic (exact) mass is 402 g/mol. The van der Waals surface area contributed by atoms with Crippen molar-refractivity contribution in [2.24, 2.45) is 5.41 Å². The van der Waals surface area contributed by atoms with E-state index in [1.807, 2.05) is 27.7 Å². The molecule has 6 heteroatoms. The van der Waals surface area contributed by atoms with Gasteiger partial charge in [0.05, 0.1) is 24.7 Å². The quantitative estimate of drug-likeness (QED) is 0.374. The SMILES string of the molecule is CCOC(=O)CC(C)(CC(CC(=O)C(C)(C)C)OC)O[Si](C)(C)C(C)(C)C. The van der Waals surface area contributed by atoms with E-state index in [1.165, 1.54) is 0 Å². The molecule has 0 saturated carbocycles. The molecule has 0 fully saturated rings. The summed E-state index contributed by atoms with van der Waals surface area (Å²) in [7, 11) is -0.526. The largest absolute Gasteiger partial charge is 0.466 e. The molecule has 0 radical (unpaired) electrons. The molecular weight excluding hydrogens is 360 g/mol. The number of ether oxygens (including phenoxy) is 2. The van der Waals surface area contributed by atoms with Gasteiger partial charge < -0.3 is 13.9 Å². The van der Waals surface area contributed by atoms with Crippen LogP contribution in [0.4, 0.5) is 0 Å². The van der Waals surface area contributed by atoms with Crippen molar-refractivity contribution in [1.29, 1.82) is 0 Å². The number of carbonyl (C=O) groups excluding carboxylic acids is 2. The summed E-state index contributed by atoms with van der Waals surface area (Å²) in [4.78, 5) is 24.7. The summed E-state index contributed by atoms with van der Waals surface area (Å²) in [6.45, 7) is 20.6. The Morgan fingerprint density at radius 1 is 1.00 bits per heavy atom. The number of hydrogen-bond acceptors (Lipinski definition) is 5. The van der Waals surface area contributed by atoms with E-state index >= 15 is 0 Å². The van der Waals surface area contributed by atoms with E-state index in [9.17, 15) is 9.59 Å². The molecule has 0 aliphatic carbocycles. The van der Waals surface area contributed by atoms with Crippen molar-refractivity contribution < 1.29 is 23.5 Å². The lowest BCUT2D eigenvalue weighted by Gasteiger charge is -2.45. The van der Waals surface area contributed by atoms with Crippen molar-refractivity contribution in [3.8, 4) is 0 Å². The van der Waals surface area contributed by atoms with Gasteiger partial charge in [-0.3, -0.25) is 9.59 Å². The van der Waals surface area contributed by atoms with Crippen molar-refractivity contribution in [2.75, 3.05) is 13.7 Å². The van der Waals surface area contributed by atoms with Crippen LogP contribution in [0.15, 0.2) is 0 Å². The van der Waals surface area contributed by atoms with Gasteiger partial charge in [-0.2, -0.15) is 0 Å². The average Bonchev–Trinajstić information content (AvgIpc) is 2.43. The van der Waals surface area contributed by atoms with E-state index in [-0.39, 0.29) is 29.3 Å². The molecule has 0 aromatic carbocycles. The van der Waals surface area contributed by atoms with Crippen LogP contribution in [0.2, 0.25) is 18.1 Å². The van der Waals surface area contributed by atoms with Crippen LogP contribution in [-0.4, -0.2) is 45.5 Å². The molecule has 0 aliphatic heterocycles. The van der Waals surface area contributed by atoms with Gasteiger partial charge in [0.2, 0.25) is 0 Å². The fourth-order valence-electron chi connectivity index (χ4n) is 2.67. The van der Waals surface area contributed by atoms with E-state index in [0.717, 1.165) is 0 Å². The highest BCUT2D eigenvalue weighted by molar-refractivity contribution is 6.74. The molecular formula is C21H42O5Si. The standard InChI is InChI=1S/C21H42O5Si/c1-12-25-18(23)15-21(8,26-27(10,11)20(5,6)7)14-16(24-9)13-17(22)19(2,3)4/h16H,12-15H2,1-11H3. The summed E-state index contributed by atoms with van der Waals surface area (Å²) in [6.07, 6.45) is 0.619. The van der Waals surface area contributed by atoms with E-state index in [0.29, 0.717) is 19.4 Å². The summed E-state index contributed by atoms with van der Waals surface area (Å²) in [5.41, 5.74) is -1.16. The molecule has 0 rings (SSSR count). The molecule has 2 unspecified atom stereocenters. The Morgan fingerprint density at radius 3 is 1.89 bits per heavy atom. The van der Waals surface area contributed by atoms with Crippen molar-refractivity contribution in [2.45, 2.75) is 104 Å². The van der Waals surface area contributed by atoms with Crippen molar-refractivity contribution in [1.82, 2.24) is 0 Å². The van der Waals surface area contributed by atoms with Crippen molar-refractivity contribution >= 4 is 20.1 Å². The predicted molar refractivity (Wildman–Crippen MR) is 112 cm³/mol. The number of esters is 1. The molecule has 2 atom stereocenters. The molecule has 0 spiro atoms. The molecule has 0 saturated heterocycles. The Morgan fingerprint density at radius 2 is 1.52 bits per heavy atom. The molecule has 0 amide bonds. The Labute approximate surface area is 167 Å². The van der Waals surface area contributed by atoms with Crippen LogP contribution >= 0.6 is 0 Å². The minimum Gasteiger partial charge on any atom is -0.466 e. The summed E-state index contributed by atoms with van der Waals surface area (Å²) in [5.74, 6) is -0.143. The summed E-state index contributed by atoms with van der Waals surface area (Å²) < 4.78 is 17.4. The maximum absolute atomic E-state index is 12.5. The number of rotatable bonds is 10. The summed E-state index contributed by atoms with van der Waals surface area (Å²) in [6, 6.07) is 0. The first-order valence-electron chi connectivity index (χ1n) is 9.89. The lowest BCUT2D eigenvalue weighted by atomic mass is 9.85. The first-order valence-corrected chi connectivity index (χ1v) is 12.8. The molecule has 0 heterocycles. The first-order chi connectivity index (χ1) is 12.0. The van der Waals surface area contributed by atoms with Crippen LogP contribution < -0.4 is 0 Å². The van der Waals surface area contributed by atoms with Crippen LogP contribution in [0.1, 0.15) is 74.7 Å². The zero-order valence-corrected chi connectivity index (χ0v) is 20.4. The van der Waals surface area contributed by atoms with Crippen molar-refractivity contribution in [3.05, 3.63) is 0 Å². The van der Waals surface area contributed by atoms with Gasteiger partial charge >= 0.3 is 5.97 Å². The second kappa shape index (κ2) is 9.66. The van der Waals surface area contributed by atoms with Crippen LogP contribution in [0.3, 0.4) is 0 Å². The third-order valence-electron chi connectivity index (χ3n) is 5.37. The molecule has 0 bridgehead atoms. The Kier molecular flexibility index (Phi) is 9.40. The molecule has 0 aromatic rings. The van der Waals surface area contributed by atoms with Gasteiger partial charge in [-0.1, -0.05) is 41.5 Å². The predicted octanol–water partition coefficient (Wildman–Crippen LogP) is 5.13. The Bertz CT molecular complexity index is 502. The maximum Gasteiger partial charge on any atom is 0.308 e. The second-order valence-corrected chi connectivity index (χ2v) is 15.0. The third-order valence-corrected chi connectivity index (χ3v) is 9.99. The van der Waals surface area contributed by atoms with Gasteiger partial charge in [0.15, 0.2) is 8.32 Å². The van der Waals surface area contributed by atoms with Crippen LogP contribution in [0.5, 0.6) is 0 Å².